The molecule has 0 N–H and O–H groups in total. The fourth-order valence-electron chi connectivity index (χ4n) is 3.23. The molecule has 0 aliphatic rings. The van der Waals surface area contributed by atoms with Gasteiger partial charge in [-0.3, -0.25) is 14.1 Å². The van der Waals surface area contributed by atoms with Crippen LogP contribution in [0.2, 0.25) is 0 Å². The van der Waals surface area contributed by atoms with Crippen molar-refractivity contribution in [3.63, 3.8) is 0 Å². The van der Waals surface area contributed by atoms with Gasteiger partial charge in [-0.15, -0.1) is 0 Å². The third kappa shape index (κ3) is 3.11. The van der Waals surface area contributed by atoms with E-state index in [2.05, 4.69) is 4.98 Å². The molecule has 0 unspecified atom stereocenters. The molecule has 3 aromatic heterocycles. The topological polar surface area (TPSA) is 59.7 Å². The van der Waals surface area contributed by atoms with Crippen LogP contribution in [0.25, 0.3) is 15.9 Å². The van der Waals surface area contributed by atoms with E-state index in [1.165, 1.54) is 11.3 Å². The number of rotatable bonds is 5. The summed E-state index contributed by atoms with van der Waals surface area (Å²) in [6.07, 6.45) is 2.62. The average molecular weight is 395 g/mol. The van der Waals surface area contributed by atoms with Crippen LogP contribution in [0.1, 0.15) is 26.5 Å². The summed E-state index contributed by atoms with van der Waals surface area (Å²) >= 11 is 1.50. The molecule has 0 aliphatic carbocycles. The van der Waals surface area contributed by atoms with Crippen molar-refractivity contribution in [3.8, 4) is 10.9 Å². The van der Waals surface area contributed by atoms with E-state index in [1.807, 2.05) is 67.8 Å². The Bertz CT molecular complexity index is 1130. The Morgan fingerprint density at radius 2 is 2.00 bits per heavy atom. The molecule has 0 spiro atoms. The zero-order chi connectivity index (χ0) is 19.8. The van der Waals surface area contributed by atoms with Gasteiger partial charge in [-0.1, -0.05) is 44.2 Å². The first-order chi connectivity index (χ1) is 13.5. The monoisotopic (exact) mass is 394 g/mol. The number of ether oxygens (including phenoxy) is 1. The lowest BCUT2D eigenvalue weighted by atomic mass is 10.2. The summed E-state index contributed by atoms with van der Waals surface area (Å²) in [5.41, 5.74) is 2.45. The van der Waals surface area contributed by atoms with Gasteiger partial charge in [-0.25, -0.2) is 9.97 Å². The van der Waals surface area contributed by atoms with Crippen LogP contribution in [0, 0.1) is 5.92 Å². The number of aryl methyl sites for hydroxylation is 1. The number of anilines is 1. The Hall–Kier alpha value is -2.93. The lowest BCUT2D eigenvalue weighted by Crippen LogP contribution is -2.31. The predicted molar refractivity (Wildman–Crippen MR) is 113 cm³/mol. The van der Waals surface area contributed by atoms with Crippen molar-refractivity contribution in [2.45, 2.75) is 27.2 Å². The first-order valence-electron chi connectivity index (χ1n) is 9.30. The van der Waals surface area contributed by atoms with Crippen molar-refractivity contribution in [3.05, 3.63) is 48.3 Å². The van der Waals surface area contributed by atoms with Gasteiger partial charge in [-0.05, 0) is 30.7 Å². The molecule has 28 heavy (non-hydrogen) atoms. The number of aromatic nitrogens is 3. The van der Waals surface area contributed by atoms with Crippen molar-refractivity contribution in [1.82, 2.24) is 14.4 Å². The van der Waals surface area contributed by atoms with Crippen LogP contribution in [0.15, 0.2) is 42.6 Å². The summed E-state index contributed by atoms with van der Waals surface area (Å²) in [6.45, 7) is 5.83. The largest absolute Gasteiger partial charge is 0.427 e. The van der Waals surface area contributed by atoms with E-state index in [-0.39, 0.29) is 11.8 Å². The second-order valence-electron chi connectivity index (χ2n) is 6.90. The minimum absolute atomic E-state index is 0.0500. The van der Waals surface area contributed by atoms with Crippen molar-refractivity contribution >= 4 is 38.9 Å². The Morgan fingerprint density at radius 3 is 2.71 bits per heavy atom. The highest BCUT2D eigenvalue weighted by atomic mass is 32.1. The lowest BCUT2D eigenvalue weighted by Gasteiger charge is -2.20. The van der Waals surface area contributed by atoms with Crippen LogP contribution >= 0.6 is 11.3 Å². The predicted octanol–water partition coefficient (Wildman–Crippen LogP) is 4.92. The van der Waals surface area contributed by atoms with Gasteiger partial charge in [-0.2, -0.15) is 0 Å². The SMILES string of the molecule is CCc1nc2c(Oc3nc4ccccc4s3)cccn2c1N(C)C(=O)C(C)C. The summed E-state index contributed by atoms with van der Waals surface area (Å²) in [7, 11) is 1.80. The van der Waals surface area contributed by atoms with Gasteiger partial charge in [0.2, 0.25) is 5.91 Å². The highest BCUT2D eigenvalue weighted by molar-refractivity contribution is 7.20. The molecule has 0 bridgehead atoms. The highest BCUT2D eigenvalue weighted by Gasteiger charge is 2.23. The fourth-order valence-corrected chi connectivity index (χ4v) is 4.06. The maximum Gasteiger partial charge on any atom is 0.279 e. The zero-order valence-electron chi connectivity index (χ0n) is 16.3. The van der Waals surface area contributed by atoms with Gasteiger partial charge < -0.3 is 4.74 Å². The molecule has 1 aromatic carbocycles. The van der Waals surface area contributed by atoms with Crippen molar-refractivity contribution in [1.29, 1.82) is 0 Å². The summed E-state index contributed by atoms with van der Waals surface area (Å²) in [5, 5.41) is 0.573. The van der Waals surface area contributed by atoms with E-state index >= 15 is 0 Å². The molecule has 0 fully saturated rings. The molecule has 4 rings (SSSR count). The van der Waals surface area contributed by atoms with Crippen LogP contribution in [0.4, 0.5) is 5.82 Å². The molecule has 7 heteroatoms. The molecule has 144 valence electrons. The number of pyridine rings is 1. The molecule has 6 nitrogen and oxygen atoms in total. The molecular weight excluding hydrogens is 372 g/mol. The summed E-state index contributed by atoms with van der Waals surface area (Å²) in [5.74, 6) is 1.36. The van der Waals surface area contributed by atoms with Gasteiger partial charge in [0.15, 0.2) is 11.4 Å². The standard InChI is InChI=1S/C21H22N4O2S/c1-5-14-19(24(4)20(26)13(2)3)25-12-8-10-16(18(25)22-14)27-21-23-15-9-6-7-11-17(15)28-21/h6-13H,5H2,1-4H3. The van der Waals surface area contributed by atoms with Crippen molar-refractivity contribution in [2.75, 3.05) is 11.9 Å². The third-order valence-electron chi connectivity index (χ3n) is 4.61. The Labute approximate surface area is 167 Å². The molecule has 0 saturated heterocycles. The Balaban J connectivity index is 1.79. The van der Waals surface area contributed by atoms with E-state index in [9.17, 15) is 4.79 Å². The van der Waals surface area contributed by atoms with Gasteiger partial charge in [0, 0.05) is 19.2 Å². The van der Waals surface area contributed by atoms with E-state index in [0.717, 1.165) is 21.7 Å². The number of imidazole rings is 1. The summed E-state index contributed by atoms with van der Waals surface area (Å²) < 4.78 is 9.09. The molecule has 0 radical (unpaired) electrons. The number of benzene rings is 1. The molecule has 0 saturated carbocycles. The van der Waals surface area contributed by atoms with Gasteiger partial charge in [0.1, 0.15) is 5.82 Å². The first-order valence-corrected chi connectivity index (χ1v) is 10.1. The molecule has 1 amide bonds. The fraction of sp³-hybridized carbons (Fsp3) is 0.286. The average Bonchev–Trinajstić information content (AvgIpc) is 3.27. The molecule has 3 heterocycles. The van der Waals surface area contributed by atoms with Crippen LogP contribution in [0.3, 0.4) is 0 Å². The Kier molecular flexibility index (Phi) is 4.77. The minimum atomic E-state index is -0.0950. The van der Waals surface area contributed by atoms with Gasteiger partial charge in [0.05, 0.1) is 15.9 Å². The van der Waals surface area contributed by atoms with Gasteiger partial charge in [0.25, 0.3) is 5.19 Å². The van der Waals surface area contributed by atoms with Crippen molar-refractivity contribution in [2.24, 2.45) is 5.92 Å². The summed E-state index contributed by atoms with van der Waals surface area (Å²) in [6, 6.07) is 11.7. The van der Waals surface area contributed by atoms with Crippen LogP contribution in [-0.2, 0) is 11.2 Å². The van der Waals surface area contributed by atoms with Crippen LogP contribution in [0.5, 0.6) is 10.9 Å². The van der Waals surface area contributed by atoms with E-state index < -0.39 is 0 Å². The smallest absolute Gasteiger partial charge is 0.279 e. The number of amides is 1. The molecule has 0 atom stereocenters. The van der Waals surface area contributed by atoms with Crippen molar-refractivity contribution < 1.29 is 9.53 Å². The molecular formula is C21H22N4O2S. The lowest BCUT2D eigenvalue weighted by molar-refractivity contribution is -0.121. The zero-order valence-corrected chi connectivity index (χ0v) is 17.2. The maximum atomic E-state index is 12.6. The van der Waals surface area contributed by atoms with E-state index in [1.54, 1.807) is 11.9 Å². The number of para-hydroxylation sites is 1. The molecule has 0 aliphatic heterocycles. The van der Waals surface area contributed by atoms with E-state index in [0.29, 0.717) is 23.0 Å². The number of thiazole rings is 1. The first kappa shape index (κ1) is 18.4. The number of hydrogen-bond donors (Lipinski definition) is 0. The minimum Gasteiger partial charge on any atom is -0.427 e. The number of fused-ring (bicyclic) bond motifs is 2. The number of carbonyl (C=O) groups is 1. The number of carbonyl (C=O) groups excluding carboxylic acids is 1. The van der Waals surface area contributed by atoms with Crippen LogP contribution in [-0.4, -0.2) is 27.3 Å². The normalized spacial score (nSPS) is 11.5. The van der Waals surface area contributed by atoms with Crippen LogP contribution < -0.4 is 9.64 Å². The van der Waals surface area contributed by atoms with Gasteiger partial charge >= 0.3 is 0 Å². The molecule has 4 aromatic rings. The second kappa shape index (κ2) is 7.24. The number of hydrogen-bond acceptors (Lipinski definition) is 5. The summed E-state index contributed by atoms with van der Waals surface area (Å²) in [4.78, 5) is 23.6. The Morgan fingerprint density at radius 1 is 1.21 bits per heavy atom. The second-order valence-corrected chi connectivity index (χ2v) is 7.90. The van der Waals surface area contributed by atoms with E-state index in [4.69, 9.17) is 9.72 Å². The quantitative estimate of drug-likeness (QED) is 0.482. The maximum absolute atomic E-state index is 12.6. The third-order valence-corrected chi connectivity index (χ3v) is 5.52. The number of nitrogens with zero attached hydrogens (tertiary/aromatic N) is 4. The highest BCUT2D eigenvalue weighted by Crippen LogP contribution is 2.34.